The predicted octanol–water partition coefficient (Wildman–Crippen LogP) is 3.92. The van der Waals surface area contributed by atoms with Crippen molar-refractivity contribution in [3.05, 3.63) is 65.1 Å². The minimum Gasteiger partial charge on any atom is -0.476 e. The molecule has 35 heavy (non-hydrogen) atoms. The molecule has 0 aliphatic carbocycles. The third-order valence-electron chi connectivity index (χ3n) is 5.57. The van der Waals surface area contributed by atoms with Gasteiger partial charge in [-0.25, -0.2) is 9.78 Å². The number of nitrogens with one attached hydrogen (secondary N) is 1. The Morgan fingerprint density at radius 1 is 1.11 bits per heavy atom. The van der Waals surface area contributed by atoms with Gasteiger partial charge in [-0.15, -0.1) is 0 Å². The first-order valence-corrected chi connectivity index (χ1v) is 11.5. The number of aromatic carboxylic acids is 1. The lowest BCUT2D eigenvalue weighted by Gasteiger charge is -2.32. The number of aromatic nitrogens is 2. The fraction of sp³-hybridized carbons (Fsp3) is 0.304. The second-order valence-corrected chi connectivity index (χ2v) is 9.16. The standard InChI is InChI=1S/C23H22F3N5O3S/c1-30-8-10-31(11-9-30)13-14-2-4-15(5-3-14)19(32)29-21-18(22(33)34)28-20(35-21)16-6-7-27-17(12-16)23(24,25)26/h2-7,12H,8-11,13H2,1H3,(H,29,32)(H,33,34). The first-order chi connectivity index (χ1) is 16.6. The van der Waals surface area contributed by atoms with Gasteiger partial charge in [-0.3, -0.25) is 14.7 Å². The average Bonchev–Trinajstić information content (AvgIpc) is 3.25. The number of rotatable bonds is 6. The molecular formula is C23H22F3N5O3S. The van der Waals surface area contributed by atoms with Crippen LogP contribution >= 0.6 is 11.3 Å². The number of anilines is 1. The molecule has 1 saturated heterocycles. The molecule has 0 atom stereocenters. The van der Waals surface area contributed by atoms with Crippen LogP contribution in [-0.2, 0) is 12.7 Å². The summed E-state index contributed by atoms with van der Waals surface area (Å²) in [6, 6.07) is 9.08. The molecule has 2 N–H and O–H groups in total. The number of hydrogen-bond acceptors (Lipinski definition) is 7. The van der Waals surface area contributed by atoms with E-state index in [-0.39, 0.29) is 15.6 Å². The summed E-state index contributed by atoms with van der Waals surface area (Å²) in [6.45, 7) is 4.70. The molecule has 0 saturated carbocycles. The smallest absolute Gasteiger partial charge is 0.433 e. The Morgan fingerprint density at radius 2 is 1.80 bits per heavy atom. The number of likely N-dealkylation sites (N-methyl/N-ethyl adjacent to an activating group) is 1. The van der Waals surface area contributed by atoms with E-state index < -0.39 is 29.4 Å². The monoisotopic (exact) mass is 505 g/mol. The van der Waals surface area contributed by atoms with Crippen molar-refractivity contribution < 1.29 is 27.9 Å². The number of alkyl halides is 3. The van der Waals surface area contributed by atoms with Gasteiger partial charge < -0.3 is 15.3 Å². The van der Waals surface area contributed by atoms with E-state index in [1.165, 1.54) is 6.07 Å². The van der Waals surface area contributed by atoms with Crippen molar-refractivity contribution in [1.82, 2.24) is 19.8 Å². The van der Waals surface area contributed by atoms with Crippen LogP contribution in [0.2, 0.25) is 0 Å². The lowest BCUT2D eigenvalue weighted by molar-refractivity contribution is -0.141. The Hall–Kier alpha value is -3.35. The number of thiazole rings is 1. The van der Waals surface area contributed by atoms with Gasteiger partial charge in [-0.1, -0.05) is 23.5 Å². The topological polar surface area (TPSA) is 98.7 Å². The highest BCUT2D eigenvalue weighted by Gasteiger charge is 2.33. The summed E-state index contributed by atoms with van der Waals surface area (Å²) in [5.74, 6) is -1.95. The van der Waals surface area contributed by atoms with Crippen LogP contribution in [0, 0.1) is 0 Å². The molecule has 1 fully saturated rings. The maximum absolute atomic E-state index is 13.0. The van der Waals surface area contributed by atoms with Gasteiger partial charge in [0.2, 0.25) is 0 Å². The van der Waals surface area contributed by atoms with E-state index in [1.807, 2.05) is 12.1 Å². The van der Waals surface area contributed by atoms with Gasteiger partial charge >= 0.3 is 12.1 Å². The van der Waals surface area contributed by atoms with Crippen molar-refractivity contribution in [3.8, 4) is 10.6 Å². The lowest BCUT2D eigenvalue weighted by Crippen LogP contribution is -2.43. The number of carbonyl (C=O) groups excluding carboxylic acids is 1. The van der Waals surface area contributed by atoms with Gasteiger partial charge in [0.05, 0.1) is 0 Å². The number of nitrogens with zero attached hydrogens (tertiary/aromatic N) is 4. The summed E-state index contributed by atoms with van der Waals surface area (Å²) in [5, 5.41) is 12.0. The highest BCUT2D eigenvalue weighted by atomic mass is 32.1. The number of hydrogen-bond donors (Lipinski definition) is 2. The van der Waals surface area contributed by atoms with Crippen LogP contribution in [0.25, 0.3) is 10.6 Å². The second-order valence-electron chi connectivity index (χ2n) is 8.16. The molecule has 3 aromatic rings. The van der Waals surface area contributed by atoms with Crippen LogP contribution in [-0.4, -0.2) is 70.0 Å². The van der Waals surface area contributed by atoms with Gasteiger partial charge in [0.1, 0.15) is 15.7 Å². The molecule has 4 rings (SSSR count). The maximum Gasteiger partial charge on any atom is 0.433 e. The number of carboxylic acid groups (broad SMARTS) is 1. The van der Waals surface area contributed by atoms with Crippen LogP contribution in [0.1, 0.15) is 32.1 Å². The number of piperazine rings is 1. The minimum absolute atomic E-state index is 0.0214. The van der Waals surface area contributed by atoms with E-state index in [4.69, 9.17) is 0 Å². The minimum atomic E-state index is -4.66. The van der Waals surface area contributed by atoms with Crippen molar-refractivity contribution in [3.63, 3.8) is 0 Å². The van der Waals surface area contributed by atoms with Crippen LogP contribution < -0.4 is 5.32 Å². The lowest BCUT2D eigenvalue weighted by atomic mass is 10.1. The molecule has 2 aromatic heterocycles. The molecule has 8 nitrogen and oxygen atoms in total. The predicted molar refractivity (Wildman–Crippen MR) is 124 cm³/mol. The first-order valence-electron chi connectivity index (χ1n) is 10.7. The Bertz CT molecular complexity index is 1220. The maximum atomic E-state index is 13.0. The molecule has 184 valence electrons. The zero-order valence-corrected chi connectivity index (χ0v) is 19.5. The third-order valence-corrected chi connectivity index (χ3v) is 6.59. The van der Waals surface area contributed by atoms with Crippen LogP contribution in [0.15, 0.2) is 42.6 Å². The zero-order chi connectivity index (χ0) is 25.2. The van der Waals surface area contributed by atoms with Gasteiger partial charge in [-0.05, 0) is 36.9 Å². The Balaban J connectivity index is 1.49. The third kappa shape index (κ3) is 6.02. The first kappa shape index (κ1) is 24.8. The number of carbonyl (C=O) groups is 2. The molecule has 3 heterocycles. The van der Waals surface area contributed by atoms with Gasteiger partial charge in [0, 0.05) is 50.0 Å². The highest BCUT2D eigenvalue weighted by molar-refractivity contribution is 7.19. The molecule has 0 spiro atoms. The van der Waals surface area contributed by atoms with Gasteiger partial charge in [-0.2, -0.15) is 13.2 Å². The van der Waals surface area contributed by atoms with Crippen molar-refractivity contribution in [1.29, 1.82) is 0 Å². The molecular weight excluding hydrogens is 483 g/mol. The Kier molecular flexibility index (Phi) is 7.15. The van der Waals surface area contributed by atoms with Crippen LogP contribution in [0.4, 0.5) is 18.2 Å². The van der Waals surface area contributed by atoms with E-state index in [1.54, 1.807) is 12.1 Å². The fourth-order valence-corrected chi connectivity index (χ4v) is 4.54. The average molecular weight is 506 g/mol. The quantitative estimate of drug-likeness (QED) is 0.524. The number of benzene rings is 1. The summed E-state index contributed by atoms with van der Waals surface area (Å²) in [4.78, 5) is 36.2. The van der Waals surface area contributed by atoms with E-state index in [2.05, 4.69) is 32.1 Å². The Labute approximate surface area is 203 Å². The van der Waals surface area contributed by atoms with Crippen molar-refractivity contribution >= 4 is 28.2 Å². The van der Waals surface area contributed by atoms with Crippen molar-refractivity contribution in [2.45, 2.75) is 12.7 Å². The summed E-state index contributed by atoms with van der Waals surface area (Å²) in [5.41, 5.74) is -0.148. The van der Waals surface area contributed by atoms with Crippen molar-refractivity contribution in [2.75, 3.05) is 38.5 Å². The second kappa shape index (κ2) is 10.1. The largest absolute Gasteiger partial charge is 0.476 e. The van der Waals surface area contributed by atoms with E-state index >= 15 is 0 Å². The molecule has 1 aromatic carbocycles. The summed E-state index contributed by atoms with van der Waals surface area (Å²) >= 11 is 0.780. The van der Waals surface area contributed by atoms with Gasteiger partial charge in [0.25, 0.3) is 5.91 Å². The molecule has 0 radical (unpaired) electrons. The zero-order valence-electron chi connectivity index (χ0n) is 18.7. The summed E-state index contributed by atoms with van der Waals surface area (Å²) in [6.07, 6.45) is -3.68. The SMILES string of the molecule is CN1CCN(Cc2ccc(C(=O)Nc3sc(-c4ccnc(C(F)(F)F)c4)nc3C(=O)O)cc2)CC1. The van der Waals surface area contributed by atoms with E-state index in [0.29, 0.717) is 5.56 Å². The normalized spacial score (nSPS) is 15.2. The van der Waals surface area contributed by atoms with Gasteiger partial charge in [0.15, 0.2) is 5.69 Å². The summed E-state index contributed by atoms with van der Waals surface area (Å²) < 4.78 is 39.0. The number of carboxylic acids is 1. The van der Waals surface area contributed by atoms with Crippen LogP contribution in [0.5, 0.6) is 0 Å². The van der Waals surface area contributed by atoms with Crippen LogP contribution in [0.3, 0.4) is 0 Å². The number of amides is 1. The number of pyridine rings is 1. The van der Waals surface area contributed by atoms with E-state index in [0.717, 1.165) is 61.9 Å². The van der Waals surface area contributed by atoms with Crippen molar-refractivity contribution in [2.24, 2.45) is 0 Å². The molecule has 1 aliphatic rings. The molecule has 1 aliphatic heterocycles. The molecule has 0 unspecified atom stereocenters. The fourth-order valence-electron chi connectivity index (χ4n) is 3.59. The summed E-state index contributed by atoms with van der Waals surface area (Å²) in [7, 11) is 2.09. The Morgan fingerprint density at radius 3 is 2.43 bits per heavy atom. The van der Waals surface area contributed by atoms with E-state index in [9.17, 15) is 27.9 Å². The molecule has 12 heteroatoms. The molecule has 0 bridgehead atoms. The molecule has 1 amide bonds. The number of halogens is 3. The highest BCUT2D eigenvalue weighted by Crippen LogP contribution is 2.35.